The molecule has 0 aromatic heterocycles. The van der Waals surface area contributed by atoms with Gasteiger partial charge in [-0.3, -0.25) is 0 Å². The molecule has 0 aliphatic heterocycles. The van der Waals surface area contributed by atoms with Gasteiger partial charge in [-0.05, 0) is 22.9 Å². The predicted octanol–water partition coefficient (Wildman–Crippen LogP) is 3.64. The highest BCUT2D eigenvalue weighted by atomic mass is 32.1. The number of benzene rings is 2. The van der Waals surface area contributed by atoms with Crippen molar-refractivity contribution in [3.63, 3.8) is 0 Å². The summed E-state index contributed by atoms with van der Waals surface area (Å²) in [5, 5.41) is 11.0. The minimum absolute atomic E-state index is 0. The van der Waals surface area contributed by atoms with E-state index in [-0.39, 0.29) is 7.43 Å². The summed E-state index contributed by atoms with van der Waals surface area (Å²) in [6.45, 7) is 0. The second-order valence-electron chi connectivity index (χ2n) is 2.83. The molecule has 2 aromatic rings. The highest BCUT2D eigenvalue weighted by Gasteiger charge is 1.99. The highest BCUT2D eigenvalue weighted by molar-refractivity contribution is 7.80. The second kappa shape index (κ2) is 4.17. The van der Waals surface area contributed by atoms with Crippen molar-refractivity contribution in [2.75, 3.05) is 0 Å². The van der Waals surface area contributed by atoms with E-state index >= 15 is 0 Å². The summed E-state index contributed by atoms with van der Waals surface area (Å²) in [5.41, 5.74) is 0.627. The van der Waals surface area contributed by atoms with Gasteiger partial charge >= 0.3 is 0 Å². The van der Waals surface area contributed by atoms with Gasteiger partial charge in [0.15, 0.2) is 0 Å². The number of thiol groups is 1. The van der Waals surface area contributed by atoms with Crippen LogP contribution in [0.2, 0.25) is 0 Å². The van der Waals surface area contributed by atoms with E-state index in [1.54, 1.807) is 0 Å². The monoisotopic (exact) mass is 201 g/mol. The van der Waals surface area contributed by atoms with Crippen LogP contribution in [0, 0.1) is 11.3 Å². The quantitative estimate of drug-likeness (QED) is 0.646. The lowest BCUT2D eigenvalue weighted by Crippen LogP contribution is -1.79. The van der Waals surface area contributed by atoms with Crippen LogP contribution in [0.5, 0.6) is 0 Å². The molecular weight excluding hydrogens is 190 g/mol. The molecule has 2 heteroatoms. The molecule has 14 heavy (non-hydrogen) atoms. The molecule has 0 spiro atoms. The second-order valence-corrected chi connectivity index (χ2v) is 3.31. The Kier molecular flexibility index (Phi) is 3.16. The lowest BCUT2D eigenvalue weighted by molar-refractivity contribution is 1.40. The van der Waals surface area contributed by atoms with Crippen LogP contribution in [0.25, 0.3) is 10.8 Å². The molecule has 0 unspecified atom stereocenters. The minimum Gasteiger partial charge on any atom is -0.192 e. The third-order valence-corrected chi connectivity index (χ3v) is 2.35. The summed E-state index contributed by atoms with van der Waals surface area (Å²) in [4.78, 5) is 0.737. The molecule has 0 heterocycles. The molecule has 70 valence electrons. The van der Waals surface area contributed by atoms with Crippen molar-refractivity contribution in [1.29, 1.82) is 5.26 Å². The van der Waals surface area contributed by atoms with Gasteiger partial charge in [0, 0.05) is 4.90 Å². The first kappa shape index (κ1) is 10.6. The maximum atomic E-state index is 8.78. The molecule has 2 rings (SSSR count). The van der Waals surface area contributed by atoms with E-state index in [2.05, 4.69) is 18.7 Å². The van der Waals surface area contributed by atoms with Crippen molar-refractivity contribution in [3.8, 4) is 6.07 Å². The van der Waals surface area contributed by atoms with Crippen molar-refractivity contribution in [2.45, 2.75) is 12.3 Å². The van der Waals surface area contributed by atoms with Crippen LogP contribution in [-0.2, 0) is 0 Å². The Bertz CT molecular complexity index is 497. The number of hydrogen-bond donors (Lipinski definition) is 1. The van der Waals surface area contributed by atoms with E-state index in [9.17, 15) is 0 Å². The Balaban J connectivity index is 0.000000980. The van der Waals surface area contributed by atoms with Crippen molar-refractivity contribution < 1.29 is 0 Å². The van der Waals surface area contributed by atoms with Crippen LogP contribution in [0.3, 0.4) is 0 Å². The Morgan fingerprint density at radius 3 is 2.21 bits per heavy atom. The van der Waals surface area contributed by atoms with E-state index in [1.807, 2.05) is 36.4 Å². The van der Waals surface area contributed by atoms with Gasteiger partial charge in [-0.1, -0.05) is 31.7 Å². The van der Waals surface area contributed by atoms with Crippen LogP contribution < -0.4 is 0 Å². The molecule has 0 N–H and O–H groups in total. The Morgan fingerprint density at radius 2 is 1.64 bits per heavy atom. The van der Waals surface area contributed by atoms with Crippen molar-refractivity contribution in [1.82, 2.24) is 0 Å². The Labute approximate surface area is 89.4 Å². The average Bonchev–Trinajstić information content (AvgIpc) is 2.17. The van der Waals surface area contributed by atoms with Crippen LogP contribution >= 0.6 is 12.6 Å². The number of hydrogen-bond acceptors (Lipinski definition) is 2. The summed E-state index contributed by atoms with van der Waals surface area (Å²) in [6, 6.07) is 13.8. The van der Waals surface area contributed by atoms with Gasteiger partial charge in [0.25, 0.3) is 0 Å². The first-order valence-electron chi connectivity index (χ1n) is 3.93. The largest absolute Gasteiger partial charge is 0.192 e. The van der Waals surface area contributed by atoms with Gasteiger partial charge in [-0.15, -0.1) is 12.6 Å². The zero-order chi connectivity index (χ0) is 9.26. The normalized spacial score (nSPS) is 9.14. The van der Waals surface area contributed by atoms with E-state index in [0.29, 0.717) is 5.56 Å². The maximum absolute atomic E-state index is 8.78. The maximum Gasteiger partial charge on any atom is 0.100 e. The topological polar surface area (TPSA) is 23.8 Å². The van der Waals surface area contributed by atoms with E-state index in [4.69, 9.17) is 5.26 Å². The van der Waals surface area contributed by atoms with Crippen LogP contribution in [0.1, 0.15) is 13.0 Å². The molecule has 2 aromatic carbocycles. The van der Waals surface area contributed by atoms with Crippen molar-refractivity contribution >= 4 is 23.4 Å². The van der Waals surface area contributed by atoms with Gasteiger partial charge in [-0.2, -0.15) is 5.26 Å². The number of rotatable bonds is 0. The zero-order valence-electron chi connectivity index (χ0n) is 6.86. The summed E-state index contributed by atoms with van der Waals surface area (Å²) in [6.07, 6.45) is 0. The lowest BCUT2D eigenvalue weighted by Gasteiger charge is -2.00. The SMILES string of the molecule is C.N#Cc1cc2ccccc2cc1S. The van der Waals surface area contributed by atoms with Gasteiger partial charge in [0.2, 0.25) is 0 Å². The molecule has 0 aliphatic carbocycles. The first-order valence-corrected chi connectivity index (χ1v) is 4.38. The van der Waals surface area contributed by atoms with Crippen molar-refractivity contribution in [3.05, 3.63) is 42.0 Å². The molecule has 0 saturated carbocycles. The number of fused-ring (bicyclic) bond motifs is 1. The highest BCUT2D eigenvalue weighted by Crippen LogP contribution is 2.21. The smallest absolute Gasteiger partial charge is 0.100 e. The zero-order valence-corrected chi connectivity index (χ0v) is 7.75. The molecule has 0 atom stereocenters. The minimum atomic E-state index is 0. The lowest BCUT2D eigenvalue weighted by atomic mass is 10.1. The van der Waals surface area contributed by atoms with Gasteiger partial charge < -0.3 is 0 Å². The third-order valence-electron chi connectivity index (χ3n) is 1.98. The van der Waals surface area contributed by atoms with Crippen molar-refractivity contribution in [2.24, 2.45) is 0 Å². The fraction of sp³-hybridized carbons (Fsp3) is 0.0833. The predicted molar refractivity (Wildman–Crippen MR) is 62.6 cm³/mol. The molecule has 1 nitrogen and oxygen atoms in total. The van der Waals surface area contributed by atoms with Crippen LogP contribution in [0.4, 0.5) is 0 Å². The molecule has 0 bridgehead atoms. The molecule has 0 amide bonds. The molecule has 0 fully saturated rings. The van der Waals surface area contributed by atoms with E-state index < -0.39 is 0 Å². The van der Waals surface area contributed by atoms with Gasteiger partial charge in [0.05, 0.1) is 5.56 Å². The summed E-state index contributed by atoms with van der Waals surface area (Å²) < 4.78 is 0. The molecule has 0 saturated heterocycles. The standard InChI is InChI=1S/C11H7NS.CH4/c12-7-10-5-8-3-1-2-4-9(8)6-11(10)13;/h1-6,13H;1H4. The first-order chi connectivity index (χ1) is 6.31. The van der Waals surface area contributed by atoms with E-state index in [1.165, 1.54) is 0 Å². The average molecular weight is 201 g/mol. The molecular formula is C12H11NS. The number of nitriles is 1. The fourth-order valence-electron chi connectivity index (χ4n) is 1.32. The van der Waals surface area contributed by atoms with E-state index in [0.717, 1.165) is 15.7 Å². The summed E-state index contributed by atoms with van der Waals surface area (Å²) in [5.74, 6) is 0. The van der Waals surface area contributed by atoms with Crippen LogP contribution in [-0.4, -0.2) is 0 Å². The summed E-state index contributed by atoms with van der Waals surface area (Å²) in [7, 11) is 0. The Morgan fingerprint density at radius 1 is 1.07 bits per heavy atom. The molecule has 0 radical (unpaired) electrons. The number of nitrogens with zero attached hydrogens (tertiary/aromatic N) is 1. The van der Waals surface area contributed by atoms with Crippen LogP contribution in [0.15, 0.2) is 41.3 Å². The molecule has 0 aliphatic rings. The van der Waals surface area contributed by atoms with Gasteiger partial charge in [-0.25, -0.2) is 0 Å². The Hall–Kier alpha value is -1.46. The van der Waals surface area contributed by atoms with Gasteiger partial charge in [0.1, 0.15) is 6.07 Å². The summed E-state index contributed by atoms with van der Waals surface area (Å²) >= 11 is 4.23. The third kappa shape index (κ3) is 1.73. The fourth-order valence-corrected chi connectivity index (χ4v) is 1.57.